The van der Waals surface area contributed by atoms with Crippen LogP contribution in [0.2, 0.25) is 0 Å². The largest absolute Gasteiger partial charge is 0.417 e. The van der Waals surface area contributed by atoms with E-state index in [9.17, 15) is 22.8 Å². The molecule has 1 spiro atoms. The number of thiophene rings is 1. The first-order valence-corrected chi connectivity index (χ1v) is 11.5. The van der Waals surface area contributed by atoms with Crippen molar-refractivity contribution >= 4 is 28.8 Å². The molecule has 1 aromatic carbocycles. The Bertz CT molecular complexity index is 1090. The van der Waals surface area contributed by atoms with Gasteiger partial charge in [0, 0.05) is 49.7 Å². The number of alkyl halides is 3. The van der Waals surface area contributed by atoms with Crippen molar-refractivity contribution in [3.63, 3.8) is 0 Å². The molecule has 2 fully saturated rings. The van der Waals surface area contributed by atoms with E-state index in [0.29, 0.717) is 50.3 Å². The molecule has 2 aliphatic rings. The molecule has 2 aliphatic heterocycles. The summed E-state index contributed by atoms with van der Waals surface area (Å²) in [6, 6.07) is 7.12. The standard InChI is InChI=1S/C23H23F3N4O2S/c1-28-20(31)19-12-30(21(32)16-4-9-33-13-16)14-22(19)5-7-29(8-6-22)17-3-2-15(11-27)18(10-17)23(24,25)26/h2-4,9-10,13,19H,5-8,12,14H2,1H3,(H,28,31). The number of halogens is 3. The van der Waals surface area contributed by atoms with Gasteiger partial charge in [0.2, 0.25) is 5.91 Å². The average molecular weight is 477 g/mol. The van der Waals surface area contributed by atoms with Gasteiger partial charge in [-0.3, -0.25) is 9.59 Å². The van der Waals surface area contributed by atoms with Gasteiger partial charge in [-0.15, -0.1) is 0 Å². The van der Waals surface area contributed by atoms with E-state index >= 15 is 0 Å². The molecule has 33 heavy (non-hydrogen) atoms. The molecule has 2 saturated heterocycles. The third-order valence-electron chi connectivity index (χ3n) is 6.82. The molecular formula is C23H23F3N4O2S. The molecule has 0 aliphatic carbocycles. The van der Waals surface area contributed by atoms with Crippen LogP contribution >= 0.6 is 11.3 Å². The SMILES string of the molecule is CNC(=O)C1CN(C(=O)c2ccsc2)CC12CCN(c1ccc(C#N)c(C(F)(F)F)c1)CC2. The summed E-state index contributed by atoms with van der Waals surface area (Å²) in [5, 5.41) is 15.4. The molecule has 1 N–H and O–H groups in total. The second-order valence-corrected chi connectivity index (χ2v) is 9.33. The molecule has 0 bridgehead atoms. The highest BCUT2D eigenvalue weighted by Gasteiger charge is 2.52. The molecule has 3 heterocycles. The van der Waals surface area contributed by atoms with Crippen molar-refractivity contribution < 1.29 is 22.8 Å². The van der Waals surface area contributed by atoms with Gasteiger partial charge in [-0.1, -0.05) is 0 Å². The molecule has 6 nitrogen and oxygen atoms in total. The summed E-state index contributed by atoms with van der Waals surface area (Å²) in [7, 11) is 1.57. The minimum absolute atomic E-state index is 0.105. The first-order chi connectivity index (χ1) is 15.7. The van der Waals surface area contributed by atoms with Crippen LogP contribution in [0.25, 0.3) is 0 Å². The molecule has 1 atom stereocenters. The van der Waals surface area contributed by atoms with Crippen LogP contribution < -0.4 is 10.2 Å². The van der Waals surface area contributed by atoms with Gasteiger partial charge in [0.05, 0.1) is 28.7 Å². The van der Waals surface area contributed by atoms with Gasteiger partial charge in [0.25, 0.3) is 5.91 Å². The highest BCUT2D eigenvalue weighted by Crippen LogP contribution is 2.46. The van der Waals surface area contributed by atoms with E-state index in [1.165, 1.54) is 23.5 Å². The maximum Gasteiger partial charge on any atom is 0.417 e. The number of benzene rings is 1. The van der Waals surface area contributed by atoms with Crippen molar-refractivity contribution in [2.75, 3.05) is 38.1 Å². The average Bonchev–Trinajstić information content (AvgIpc) is 3.47. The summed E-state index contributed by atoms with van der Waals surface area (Å²) >= 11 is 1.44. The van der Waals surface area contributed by atoms with E-state index in [0.717, 1.165) is 6.07 Å². The first kappa shape index (κ1) is 23.1. The van der Waals surface area contributed by atoms with E-state index in [2.05, 4.69) is 5.32 Å². The number of amides is 2. The van der Waals surface area contributed by atoms with E-state index in [1.807, 2.05) is 10.3 Å². The minimum atomic E-state index is -4.61. The summed E-state index contributed by atoms with van der Waals surface area (Å²) in [4.78, 5) is 29.2. The predicted molar refractivity (Wildman–Crippen MR) is 118 cm³/mol. The van der Waals surface area contributed by atoms with Crippen molar-refractivity contribution in [3.8, 4) is 6.07 Å². The molecule has 2 aromatic rings. The Morgan fingerprint density at radius 3 is 2.55 bits per heavy atom. The van der Waals surface area contributed by atoms with Crippen LogP contribution in [0, 0.1) is 22.7 Å². The highest BCUT2D eigenvalue weighted by molar-refractivity contribution is 7.08. The Kier molecular flexibility index (Phi) is 6.10. The number of hydrogen-bond donors (Lipinski definition) is 1. The third-order valence-corrected chi connectivity index (χ3v) is 7.50. The fourth-order valence-electron chi connectivity index (χ4n) is 5.01. The predicted octanol–water partition coefficient (Wildman–Crippen LogP) is 3.74. The summed E-state index contributed by atoms with van der Waals surface area (Å²) in [6.45, 7) is 1.67. The number of rotatable bonds is 3. The number of carbonyl (C=O) groups excluding carboxylic acids is 2. The fourth-order valence-corrected chi connectivity index (χ4v) is 5.64. The van der Waals surface area contributed by atoms with Crippen LogP contribution in [0.15, 0.2) is 35.0 Å². The second kappa shape index (κ2) is 8.71. The van der Waals surface area contributed by atoms with E-state index < -0.39 is 22.7 Å². The van der Waals surface area contributed by atoms with Crippen LogP contribution in [0.5, 0.6) is 0 Å². The lowest BCUT2D eigenvalue weighted by atomic mass is 9.70. The monoisotopic (exact) mass is 476 g/mol. The summed E-state index contributed by atoms with van der Waals surface area (Å²) in [5.74, 6) is -0.605. The molecule has 174 valence electrons. The number of hydrogen-bond acceptors (Lipinski definition) is 5. The zero-order chi connectivity index (χ0) is 23.8. The fraction of sp³-hybridized carbons (Fsp3) is 0.435. The van der Waals surface area contributed by atoms with Crippen molar-refractivity contribution in [1.82, 2.24) is 10.2 Å². The normalized spacial score (nSPS) is 20.0. The Labute approximate surface area is 193 Å². The van der Waals surface area contributed by atoms with Crippen molar-refractivity contribution in [3.05, 3.63) is 51.7 Å². The highest BCUT2D eigenvalue weighted by atomic mass is 32.1. The number of nitriles is 1. The van der Waals surface area contributed by atoms with Crippen molar-refractivity contribution in [2.24, 2.45) is 11.3 Å². The molecule has 0 radical (unpaired) electrons. The van der Waals surface area contributed by atoms with E-state index in [-0.39, 0.29) is 17.7 Å². The molecule has 1 unspecified atom stereocenters. The minimum Gasteiger partial charge on any atom is -0.371 e. The van der Waals surface area contributed by atoms with Crippen LogP contribution in [-0.2, 0) is 11.0 Å². The lowest BCUT2D eigenvalue weighted by Crippen LogP contribution is -2.48. The summed E-state index contributed by atoms with van der Waals surface area (Å²) < 4.78 is 40.2. The van der Waals surface area contributed by atoms with E-state index in [4.69, 9.17) is 5.26 Å². The number of likely N-dealkylation sites (tertiary alicyclic amines) is 1. The number of nitrogens with zero attached hydrogens (tertiary/aromatic N) is 3. The van der Waals surface area contributed by atoms with Crippen LogP contribution in [0.3, 0.4) is 0 Å². The van der Waals surface area contributed by atoms with Crippen LogP contribution in [-0.4, -0.2) is 49.9 Å². The van der Waals surface area contributed by atoms with Gasteiger partial charge in [-0.05, 0) is 42.5 Å². The number of carbonyl (C=O) groups is 2. The third kappa shape index (κ3) is 4.29. The van der Waals surface area contributed by atoms with Gasteiger partial charge in [0.1, 0.15) is 0 Å². The topological polar surface area (TPSA) is 76.4 Å². The number of piperidine rings is 1. The van der Waals surface area contributed by atoms with Crippen molar-refractivity contribution in [2.45, 2.75) is 19.0 Å². The van der Waals surface area contributed by atoms with Crippen LogP contribution in [0.1, 0.15) is 34.3 Å². The van der Waals surface area contributed by atoms with Crippen LogP contribution in [0.4, 0.5) is 18.9 Å². The molecular weight excluding hydrogens is 453 g/mol. The molecule has 10 heteroatoms. The van der Waals surface area contributed by atoms with Gasteiger partial charge in [-0.2, -0.15) is 29.8 Å². The Balaban J connectivity index is 1.55. The lowest BCUT2D eigenvalue weighted by Gasteiger charge is -2.43. The summed E-state index contributed by atoms with van der Waals surface area (Å²) in [5.41, 5.74) is -0.779. The zero-order valence-corrected chi connectivity index (χ0v) is 18.8. The molecule has 1 aromatic heterocycles. The Morgan fingerprint density at radius 2 is 1.97 bits per heavy atom. The van der Waals surface area contributed by atoms with Gasteiger partial charge in [0.15, 0.2) is 0 Å². The smallest absolute Gasteiger partial charge is 0.371 e. The second-order valence-electron chi connectivity index (χ2n) is 8.55. The van der Waals surface area contributed by atoms with E-state index in [1.54, 1.807) is 29.5 Å². The quantitative estimate of drug-likeness (QED) is 0.732. The van der Waals surface area contributed by atoms with Crippen molar-refractivity contribution in [1.29, 1.82) is 5.26 Å². The lowest BCUT2D eigenvalue weighted by molar-refractivity contribution is -0.137. The molecule has 2 amide bonds. The Morgan fingerprint density at radius 1 is 1.24 bits per heavy atom. The maximum atomic E-state index is 13.4. The first-order valence-electron chi connectivity index (χ1n) is 10.6. The Hall–Kier alpha value is -3.06. The zero-order valence-electron chi connectivity index (χ0n) is 18.0. The molecule has 4 rings (SSSR count). The number of nitrogens with one attached hydrogen (secondary N) is 1. The van der Waals surface area contributed by atoms with Gasteiger partial charge >= 0.3 is 6.18 Å². The number of anilines is 1. The van der Waals surface area contributed by atoms with Gasteiger partial charge in [-0.25, -0.2) is 0 Å². The molecule has 0 saturated carbocycles. The maximum absolute atomic E-state index is 13.4. The summed E-state index contributed by atoms with van der Waals surface area (Å²) in [6.07, 6.45) is -3.48. The van der Waals surface area contributed by atoms with Gasteiger partial charge < -0.3 is 15.1 Å².